The van der Waals surface area contributed by atoms with Crippen LogP contribution in [0.3, 0.4) is 0 Å². The molecular weight excluding hydrogens is 389 g/mol. The maximum atomic E-state index is 13.0. The van der Waals surface area contributed by atoms with Crippen LogP contribution in [0.1, 0.15) is 21.5 Å². The van der Waals surface area contributed by atoms with E-state index in [1.54, 1.807) is 0 Å². The van der Waals surface area contributed by atoms with E-state index in [-0.39, 0.29) is 35.1 Å². The molecule has 1 aromatic carbocycles. The molecule has 0 aliphatic rings. The second-order valence-electron chi connectivity index (χ2n) is 4.61. The minimum Gasteiger partial charge on any atom is -1.00 e. The highest BCUT2D eigenvalue weighted by atomic mass is 79.9. The van der Waals surface area contributed by atoms with Gasteiger partial charge in [-0.05, 0) is 54.0 Å². The number of carbonyl (C=O) groups is 1. The first-order chi connectivity index (χ1) is 8.95. The quantitative estimate of drug-likeness (QED) is 0.537. The molecule has 0 unspecified atom stereocenters. The average Bonchev–Trinajstić information content (AvgIpc) is 2.26. The summed E-state index contributed by atoms with van der Waals surface area (Å²) in [4.78, 5) is 12.2. The molecule has 0 saturated carbocycles. The van der Waals surface area contributed by atoms with Crippen molar-refractivity contribution >= 4 is 21.7 Å². The van der Waals surface area contributed by atoms with Gasteiger partial charge in [-0.2, -0.15) is 4.57 Å². The van der Waals surface area contributed by atoms with Crippen molar-refractivity contribution in [3.05, 3.63) is 63.6 Å². The van der Waals surface area contributed by atoms with Crippen LogP contribution in [0.5, 0.6) is 0 Å². The van der Waals surface area contributed by atoms with Crippen molar-refractivity contribution in [3.8, 4) is 0 Å². The van der Waals surface area contributed by atoms with Crippen molar-refractivity contribution in [2.24, 2.45) is 0 Å². The van der Waals surface area contributed by atoms with Crippen molar-refractivity contribution in [1.82, 2.24) is 0 Å². The average molecular weight is 403 g/mol. The highest BCUT2D eigenvalue weighted by molar-refractivity contribution is 9.10. The predicted octanol–water partition coefficient (Wildman–Crippen LogP) is 0.379. The number of hydrogen-bond donors (Lipinski definition) is 0. The second-order valence-corrected chi connectivity index (χ2v) is 5.46. The summed E-state index contributed by atoms with van der Waals surface area (Å²) in [5.74, 6) is -0.413. The summed E-state index contributed by atoms with van der Waals surface area (Å²) < 4.78 is 15.3. The summed E-state index contributed by atoms with van der Waals surface area (Å²) in [6.07, 6.45) is 3.84. The molecule has 0 spiro atoms. The van der Waals surface area contributed by atoms with Gasteiger partial charge in [0.2, 0.25) is 12.3 Å². The Balaban J connectivity index is 0.00000200. The number of aromatic nitrogens is 1. The van der Waals surface area contributed by atoms with Gasteiger partial charge in [0.25, 0.3) is 0 Å². The maximum absolute atomic E-state index is 13.0. The standard InChI is InChI=1S/C15H14BrFNO.BrH/c1-10-5-11(2)8-18(7-10)9-15(19)13-4-3-12(17)6-14(13)16;/h3-8H,9H2,1-2H3;1H/q+1;/p-1. The summed E-state index contributed by atoms with van der Waals surface area (Å²) in [6, 6.07) is 6.16. The maximum Gasteiger partial charge on any atom is 0.228 e. The molecule has 0 amide bonds. The van der Waals surface area contributed by atoms with Gasteiger partial charge in [0.05, 0.1) is 0 Å². The third kappa shape index (κ3) is 4.21. The van der Waals surface area contributed by atoms with Gasteiger partial charge in [0, 0.05) is 21.2 Å². The fourth-order valence-corrected chi connectivity index (χ4v) is 2.62. The van der Waals surface area contributed by atoms with Crippen molar-refractivity contribution < 1.29 is 30.7 Å². The first-order valence-corrected chi connectivity index (χ1v) is 6.70. The molecule has 106 valence electrons. The monoisotopic (exact) mass is 401 g/mol. The largest absolute Gasteiger partial charge is 1.00 e. The molecule has 0 saturated heterocycles. The normalized spacial score (nSPS) is 10.0. The van der Waals surface area contributed by atoms with Crippen LogP contribution in [0.2, 0.25) is 0 Å². The number of benzene rings is 1. The van der Waals surface area contributed by atoms with E-state index in [1.807, 2.05) is 30.8 Å². The molecule has 0 bridgehead atoms. The van der Waals surface area contributed by atoms with E-state index >= 15 is 0 Å². The number of hydrogen-bond acceptors (Lipinski definition) is 1. The zero-order chi connectivity index (χ0) is 14.0. The minimum atomic E-state index is -0.359. The SMILES string of the molecule is Cc1cc(C)c[n+](CC(=O)c2ccc(F)cc2Br)c1.[Br-]. The van der Waals surface area contributed by atoms with Gasteiger partial charge in [-0.25, -0.2) is 4.39 Å². The Morgan fingerprint density at radius 2 is 1.80 bits per heavy atom. The smallest absolute Gasteiger partial charge is 0.228 e. The zero-order valence-corrected chi connectivity index (χ0v) is 14.3. The van der Waals surface area contributed by atoms with Gasteiger partial charge in [0.1, 0.15) is 5.82 Å². The van der Waals surface area contributed by atoms with Crippen LogP contribution in [-0.4, -0.2) is 5.78 Å². The lowest BCUT2D eigenvalue weighted by Gasteiger charge is -2.03. The Morgan fingerprint density at radius 1 is 1.20 bits per heavy atom. The van der Waals surface area contributed by atoms with Crippen LogP contribution in [0.15, 0.2) is 41.1 Å². The third-order valence-electron chi connectivity index (χ3n) is 2.75. The highest BCUT2D eigenvalue weighted by Gasteiger charge is 2.16. The van der Waals surface area contributed by atoms with Crippen LogP contribution in [0, 0.1) is 19.7 Å². The van der Waals surface area contributed by atoms with Crippen molar-refractivity contribution in [1.29, 1.82) is 0 Å². The summed E-state index contributed by atoms with van der Waals surface area (Å²) in [6.45, 7) is 4.22. The molecule has 2 nitrogen and oxygen atoms in total. The molecule has 2 aromatic rings. The lowest BCUT2D eigenvalue weighted by atomic mass is 10.1. The number of Topliss-reactive ketones (excluding diaryl/α,β-unsaturated/α-hetero) is 1. The Morgan fingerprint density at radius 3 is 2.35 bits per heavy atom. The van der Waals surface area contributed by atoms with E-state index in [4.69, 9.17) is 0 Å². The molecule has 0 atom stereocenters. The van der Waals surface area contributed by atoms with E-state index < -0.39 is 0 Å². The molecule has 5 heteroatoms. The van der Waals surface area contributed by atoms with E-state index in [2.05, 4.69) is 22.0 Å². The van der Waals surface area contributed by atoms with Gasteiger partial charge in [0.15, 0.2) is 12.4 Å². The number of carbonyl (C=O) groups excluding carboxylic acids is 1. The Kier molecular flexibility index (Phi) is 6.02. The number of rotatable bonds is 3. The van der Waals surface area contributed by atoms with Crippen LogP contribution >= 0.6 is 15.9 Å². The van der Waals surface area contributed by atoms with E-state index in [9.17, 15) is 9.18 Å². The first kappa shape index (κ1) is 17.0. The lowest BCUT2D eigenvalue weighted by molar-refractivity contribution is -0.683. The summed E-state index contributed by atoms with van der Waals surface area (Å²) in [7, 11) is 0. The third-order valence-corrected chi connectivity index (χ3v) is 3.41. The number of aryl methyl sites for hydroxylation is 2. The van der Waals surface area contributed by atoms with Gasteiger partial charge in [-0.15, -0.1) is 0 Å². The molecule has 2 rings (SSSR count). The van der Waals surface area contributed by atoms with Crippen LogP contribution in [0.4, 0.5) is 4.39 Å². The Hall–Kier alpha value is -1.07. The number of nitrogens with zero attached hydrogens (tertiary/aromatic N) is 1. The van der Waals surface area contributed by atoms with Crippen molar-refractivity contribution in [2.45, 2.75) is 20.4 Å². The summed E-state index contributed by atoms with van der Waals surface area (Å²) in [5.41, 5.74) is 2.70. The molecule has 20 heavy (non-hydrogen) atoms. The van der Waals surface area contributed by atoms with E-state index in [0.29, 0.717) is 10.0 Å². The number of ketones is 1. The fraction of sp³-hybridized carbons (Fsp3) is 0.200. The van der Waals surface area contributed by atoms with Gasteiger partial charge < -0.3 is 17.0 Å². The van der Waals surface area contributed by atoms with Gasteiger partial charge in [-0.1, -0.05) is 0 Å². The number of pyridine rings is 1. The molecule has 0 aliphatic carbocycles. The minimum absolute atomic E-state index is 0. The van der Waals surface area contributed by atoms with Crippen LogP contribution in [0.25, 0.3) is 0 Å². The molecule has 0 radical (unpaired) electrons. The molecule has 1 heterocycles. The predicted molar refractivity (Wildman–Crippen MR) is 74.5 cm³/mol. The lowest BCUT2D eigenvalue weighted by Crippen LogP contribution is -3.00. The van der Waals surface area contributed by atoms with Gasteiger partial charge >= 0.3 is 0 Å². The molecular formula is C15H14Br2FNO. The first-order valence-electron chi connectivity index (χ1n) is 5.91. The second kappa shape index (κ2) is 7.09. The van der Waals surface area contributed by atoms with Crippen LogP contribution < -0.4 is 21.5 Å². The summed E-state index contributed by atoms with van der Waals surface area (Å²) in [5, 5.41) is 0. The fourth-order valence-electron chi connectivity index (χ4n) is 2.05. The van der Waals surface area contributed by atoms with E-state index in [0.717, 1.165) is 11.1 Å². The molecule has 0 N–H and O–H groups in total. The summed E-state index contributed by atoms with van der Waals surface area (Å²) >= 11 is 3.22. The zero-order valence-electron chi connectivity index (χ0n) is 11.2. The molecule has 0 aliphatic heterocycles. The number of halogens is 3. The highest BCUT2D eigenvalue weighted by Crippen LogP contribution is 2.18. The molecule has 1 aromatic heterocycles. The Bertz CT molecular complexity index is 624. The molecule has 0 fully saturated rings. The Labute approximate surface area is 136 Å². The van der Waals surface area contributed by atoms with Crippen molar-refractivity contribution in [3.63, 3.8) is 0 Å². The van der Waals surface area contributed by atoms with E-state index in [1.165, 1.54) is 18.2 Å². The van der Waals surface area contributed by atoms with Crippen molar-refractivity contribution in [2.75, 3.05) is 0 Å². The topological polar surface area (TPSA) is 20.9 Å². The van der Waals surface area contributed by atoms with Crippen LogP contribution in [-0.2, 0) is 6.54 Å². The van der Waals surface area contributed by atoms with Gasteiger partial charge in [-0.3, -0.25) is 4.79 Å².